The number of likely N-dealkylation sites (N-methyl/N-ethyl adjacent to an activating group) is 1. The van der Waals surface area contributed by atoms with Crippen molar-refractivity contribution in [3.8, 4) is 0 Å². The minimum Gasteiger partial charge on any atom is -0.312 e. The van der Waals surface area contributed by atoms with Crippen LogP contribution in [0.25, 0.3) is 0 Å². The van der Waals surface area contributed by atoms with Gasteiger partial charge in [-0.3, -0.25) is 9.88 Å². The third-order valence-corrected chi connectivity index (χ3v) is 4.21. The fourth-order valence-electron chi connectivity index (χ4n) is 2.74. The fourth-order valence-corrected chi connectivity index (χ4v) is 2.74. The second-order valence-corrected chi connectivity index (χ2v) is 5.87. The second kappa shape index (κ2) is 7.61. The van der Waals surface area contributed by atoms with Crippen molar-refractivity contribution in [2.75, 3.05) is 13.6 Å². The maximum Gasteiger partial charge on any atom is 0.0312 e. The first-order valence-corrected chi connectivity index (χ1v) is 7.58. The summed E-state index contributed by atoms with van der Waals surface area (Å²) in [6.45, 7) is 4.36. The quantitative estimate of drug-likeness (QED) is 0.853. The maximum atomic E-state index is 4.17. The zero-order valence-electron chi connectivity index (χ0n) is 12.3. The normalized spacial score (nSPS) is 18.7. The first-order chi connectivity index (χ1) is 9.25. The Balaban J connectivity index is 1.71. The topological polar surface area (TPSA) is 28.2 Å². The largest absolute Gasteiger partial charge is 0.312 e. The summed E-state index contributed by atoms with van der Waals surface area (Å²) in [6.07, 6.45) is 10.7. The van der Waals surface area contributed by atoms with Crippen molar-refractivity contribution in [1.82, 2.24) is 15.2 Å². The summed E-state index contributed by atoms with van der Waals surface area (Å²) in [7, 11) is 2.19. The van der Waals surface area contributed by atoms with Crippen molar-refractivity contribution in [2.45, 2.75) is 57.7 Å². The Morgan fingerprint density at radius 1 is 1.37 bits per heavy atom. The number of nitrogens with zero attached hydrogens (tertiary/aromatic N) is 2. The van der Waals surface area contributed by atoms with E-state index < -0.39 is 0 Å². The summed E-state index contributed by atoms with van der Waals surface area (Å²) in [5.74, 6) is 0. The Morgan fingerprint density at radius 3 is 2.84 bits per heavy atom. The van der Waals surface area contributed by atoms with Gasteiger partial charge >= 0.3 is 0 Å². The standard InChI is InChI=1S/C16H27N3/c1-14(11-18-16-8-4-3-5-9-16)19(2)13-15-7-6-10-17-12-15/h6-7,10,12,14,16,18H,3-5,8-9,11,13H2,1-2H3. The van der Waals surface area contributed by atoms with Gasteiger partial charge in [0.2, 0.25) is 0 Å². The molecule has 1 aliphatic carbocycles. The molecule has 1 aromatic rings. The van der Waals surface area contributed by atoms with Crippen LogP contribution in [-0.4, -0.2) is 35.6 Å². The van der Waals surface area contributed by atoms with Gasteiger partial charge in [0, 0.05) is 37.6 Å². The lowest BCUT2D eigenvalue weighted by Gasteiger charge is -2.29. The molecular weight excluding hydrogens is 234 g/mol. The van der Waals surface area contributed by atoms with Crippen LogP contribution in [0.2, 0.25) is 0 Å². The van der Waals surface area contributed by atoms with E-state index in [2.05, 4.69) is 35.2 Å². The van der Waals surface area contributed by atoms with E-state index in [9.17, 15) is 0 Å². The molecule has 0 aliphatic heterocycles. The smallest absolute Gasteiger partial charge is 0.0312 e. The van der Waals surface area contributed by atoms with E-state index in [0.29, 0.717) is 6.04 Å². The van der Waals surface area contributed by atoms with E-state index in [4.69, 9.17) is 0 Å². The molecule has 0 radical (unpaired) electrons. The third kappa shape index (κ3) is 4.92. The summed E-state index contributed by atoms with van der Waals surface area (Å²) < 4.78 is 0. The van der Waals surface area contributed by atoms with Gasteiger partial charge in [-0.15, -0.1) is 0 Å². The molecule has 0 bridgehead atoms. The Morgan fingerprint density at radius 2 is 2.16 bits per heavy atom. The van der Waals surface area contributed by atoms with E-state index >= 15 is 0 Å². The van der Waals surface area contributed by atoms with Crippen LogP contribution in [0.4, 0.5) is 0 Å². The van der Waals surface area contributed by atoms with Crippen molar-refractivity contribution < 1.29 is 0 Å². The van der Waals surface area contributed by atoms with Crippen LogP contribution in [0.15, 0.2) is 24.5 Å². The molecule has 1 N–H and O–H groups in total. The van der Waals surface area contributed by atoms with Crippen LogP contribution in [-0.2, 0) is 6.54 Å². The number of rotatable bonds is 6. The van der Waals surface area contributed by atoms with Crippen LogP contribution in [0.1, 0.15) is 44.6 Å². The van der Waals surface area contributed by atoms with Gasteiger partial charge in [0.15, 0.2) is 0 Å². The predicted molar refractivity (Wildman–Crippen MR) is 80.0 cm³/mol. The Hall–Kier alpha value is -0.930. The Labute approximate surface area is 117 Å². The fraction of sp³-hybridized carbons (Fsp3) is 0.688. The van der Waals surface area contributed by atoms with Crippen molar-refractivity contribution in [2.24, 2.45) is 0 Å². The predicted octanol–water partition coefficient (Wildman–Crippen LogP) is 2.82. The van der Waals surface area contributed by atoms with Gasteiger partial charge in [0.25, 0.3) is 0 Å². The van der Waals surface area contributed by atoms with Crippen molar-refractivity contribution in [3.05, 3.63) is 30.1 Å². The highest BCUT2D eigenvalue weighted by Gasteiger charge is 2.15. The number of hydrogen-bond acceptors (Lipinski definition) is 3. The van der Waals surface area contributed by atoms with E-state index in [-0.39, 0.29) is 0 Å². The Bertz CT molecular complexity index is 346. The van der Waals surface area contributed by atoms with E-state index in [0.717, 1.165) is 19.1 Å². The molecule has 0 amide bonds. The Kier molecular flexibility index (Phi) is 5.80. The van der Waals surface area contributed by atoms with Crippen LogP contribution >= 0.6 is 0 Å². The highest BCUT2D eigenvalue weighted by atomic mass is 15.1. The molecule has 1 aromatic heterocycles. The second-order valence-electron chi connectivity index (χ2n) is 5.87. The van der Waals surface area contributed by atoms with E-state index in [1.807, 2.05) is 18.5 Å². The number of pyridine rings is 1. The van der Waals surface area contributed by atoms with Crippen LogP contribution in [0, 0.1) is 0 Å². The van der Waals surface area contributed by atoms with Crippen molar-refractivity contribution >= 4 is 0 Å². The molecule has 1 aliphatic rings. The molecule has 2 rings (SSSR count). The van der Waals surface area contributed by atoms with Gasteiger partial charge in [0.1, 0.15) is 0 Å². The SMILES string of the molecule is CC(CNC1CCCCC1)N(C)Cc1cccnc1. The lowest BCUT2D eigenvalue weighted by Crippen LogP contribution is -2.42. The molecule has 3 heteroatoms. The molecule has 0 aromatic carbocycles. The average molecular weight is 261 g/mol. The average Bonchev–Trinajstić information content (AvgIpc) is 2.47. The minimum absolute atomic E-state index is 0.558. The molecule has 1 fully saturated rings. The van der Waals surface area contributed by atoms with E-state index in [1.165, 1.54) is 37.7 Å². The molecule has 1 atom stereocenters. The highest BCUT2D eigenvalue weighted by molar-refractivity contribution is 5.08. The minimum atomic E-state index is 0.558. The molecule has 106 valence electrons. The van der Waals surface area contributed by atoms with E-state index in [1.54, 1.807) is 0 Å². The first kappa shape index (κ1) is 14.5. The molecule has 1 unspecified atom stereocenters. The van der Waals surface area contributed by atoms with Crippen molar-refractivity contribution in [3.63, 3.8) is 0 Å². The zero-order chi connectivity index (χ0) is 13.5. The zero-order valence-corrected chi connectivity index (χ0v) is 12.3. The molecule has 19 heavy (non-hydrogen) atoms. The molecule has 1 heterocycles. The lowest BCUT2D eigenvalue weighted by molar-refractivity contribution is 0.229. The molecular formula is C16H27N3. The summed E-state index contributed by atoms with van der Waals surface area (Å²) in [6, 6.07) is 5.46. The van der Waals surface area contributed by atoms with Gasteiger partial charge in [0.05, 0.1) is 0 Å². The van der Waals surface area contributed by atoms with Gasteiger partial charge in [-0.05, 0) is 38.4 Å². The van der Waals surface area contributed by atoms with Gasteiger partial charge in [-0.1, -0.05) is 25.3 Å². The highest BCUT2D eigenvalue weighted by Crippen LogP contribution is 2.17. The first-order valence-electron chi connectivity index (χ1n) is 7.58. The summed E-state index contributed by atoms with van der Waals surface area (Å²) in [5.41, 5.74) is 1.29. The summed E-state index contributed by atoms with van der Waals surface area (Å²) >= 11 is 0. The van der Waals surface area contributed by atoms with Crippen LogP contribution in [0.3, 0.4) is 0 Å². The van der Waals surface area contributed by atoms with Gasteiger partial charge in [-0.25, -0.2) is 0 Å². The number of hydrogen-bond donors (Lipinski definition) is 1. The molecule has 3 nitrogen and oxygen atoms in total. The van der Waals surface area contributed by atoms with Gasteiger partial charge in [-0.2, -0.15) is 0 Å². The monoisotopic (exact) mass is 261 g/mol. The molecule has 0 saturated heterocycles. The number of nitrogens with one attached hydrogen (secondary N) is 1. The van der Waals surface area contributed by atoms with Crippen LogP contribution in [0.5, 0.6) is 0 Å². The van der Waals surface area contributed by atoms with Crippen LogP contribution < -0.4 is 5.32 Å². The lowest BCUT2D eigenvalue weighted by atomic mass is 9.95. The summed E-state index contributed by atoms with van der Waals surface area (Å²) in [4.78, 5) is 6.57. The number of aromatic nitrogens is 1. The molecule has 1 saturated carbocycles. The third-order valence-electron chi connectivity index (χ3n) is 4.21. The summed E-state index contributed by atoms with van der Waals surface area (Å²) in [5, 5.41) is 3.73. The molecule has 0 spiro atoms. The van der Waals surface area contributed by atoms with Crippen molar-refractivity contribution in [1.29, 1.82) is 0 Å². The van der Waals surface area contributed by atoms with Gasteiger partial charge < -0.3 is 5.32 Å². The maximum absolute atomic E-state index is 4.17.